The first kappa shape index (κ1) is 25.5. The number of rotatable bonds is 9. The normalized spacial score (nSPS) is 16.5. The van der Waals surface area contributed by atoms with E-state index in [2.05, 4.69) is 0 Å². The molecule has 2 aromatic carbocycles. The summed E-state index contributed by atoms with van der Waals surface area (Å²) in [6, 6.07) is 10.2. The summed E-state index contributed by atoms with van der Waals surface area (Å²) in [6.45, 7) is 2.48. The Bertz CT molecular complexity index is 1180. The van der Waals surface area contributed by atoms with Gasteiger partial charge in [-0.05, 0) is 62.4 Å². The third kappa shape index (κ3) is 5.16. The summed E-state index contributed by atoms with van der Waals surface area (Å²) in [5, 5.41) is 10.4. The van der Waals surface area contributed by atoms with Crippen LogP contribution in [0.2, 0.25) is 5.02 Å². The van der Waals surface area contributed by atoms with Crippen LogP contribution in [0.1, 0.15) is 13.8 Å². The van der Waals surface area contributed by atoms with E-state index in [1.807, 2.05) is 0 Å². The minimum Gasteiger partial charge on any atom is -0.457 e. The Hall–Kier alpha value is -3.15. The lowest BCUT2D eigenvalue weighted by atomic mass is 10.0. The summed E-state index contributed by atoms with van der Waals surface area (Å²) in [7, 11) is -2.62. The maximum atomic E-state index is 13.1. The molecule has 1 N–H and O–H groups in total. The van der Waals surface area contributed by atoms with E-state index >= 15 is 0 Å². The minimum absolute atomic E-state index is 0.0718. The van der Waals surface area contributed by atoms with Crippen molar-refractivity contribution in [2.24, 2.45) is 0 Å². The molecule has 0 aliphatic carbocycles. The van der Waals surface area contributed by atoms with Gasteiger partial charge in [-0.15, -0.1) is 0 Å². The molecule has 0 radical (unpaired) electrons. The number of urea groups is 1. The van der Waals surface area contributed by atoms with Crippen molar-refractivity contribution >= 4 is 39.8 Å². The van der Waals surface area contributed by atoms with Crippen LogP contribution in [0.5, 0.6) is 11.5 Å². The smallest absolute Gasteiger partial charge is 0.327 e. The first-order chi connectivity index (χ1) is 15.9. The van der Waals surface area contributed by atoms with Gasteiger partial charge in [0.25, 0.3) is 5.91 Å². The average Bonchev–Trinajstić information content (AvgIpc) is 2.94. The molecule has 182 valence electrons. The van der Waals surface area contributed by atoms with Crippen molar-refractivity contribution in [1.29, 1.82) is 0 Å². The van der Waals surface area contributed by atoms with Crippen molar-refractivity contribution in [2.75, 3.05) is 19.3 Å². The van der Waals surface area contributed by atoms with Crippen LogP contribution in [-0.2, 0) is 19.4 Å². The van der Waals surface area contributed by atoms with E-state index in [9.17, 15) is 28.0 Å². The van der Waals surface area contributed by atoms with Gasteiger partial charge in [0.1, 0.15) is 17.0 Å². The van der Waals surface area contributed by atoms with E-state index in [1.165, 1.54) is 50.1 Å². The fourth-order valence-corrected chi connectivity index (χ4v) is 5.05. The number of likely N-dealkylation sites (N-methyl/N-ethyl adjacent to an activating group) is 1. The monoisotopic (exact) mass is 509 g/mol. The molecule has 1 aliphatic heterocycles. The Morgan fingerprint density at radius 2 is 1.62 bits per heavy atom. The van der Waals surface area contributed by atoms with Gasteiger partial charge in [0.15, 0.2) is 9.84 Å². The average molecular weight is 510 g/mol. The van der Waals surface area contributed by atoms with E-state index in [-0.39, 0.29) is 16.4 Å². The Morgan fingerprint density at radius 3 is 2.09 bits per heavy atom. The lowest BCUT2D eigenvalue weighted by molar-refractivity contribution is -0.153. The second-order valence-electron chi connectivity index (χ2n) is 8.27. The molecule has 1 heterocycles. The van der Waals surface area contributed by atoms with Crippen LogP contribution in [0.4, 0.5) is 4.79 Å². The maximum absolute atomic E-state index is 13.1. The predicted octanol–water partition coefficient (Wildman–Crippen LogP) is 2.79. The molecule has 1 unspecified atom stereocenters. The number of amides is 4. The Kier molecular flexibility index (Phi) is 7.20. The third-order valence-electron chi connectivity index (χ3n) is 5.60. The standard InChI is InChI=1S/C22H24ClN3O7S/c1-22(2)20(28)26(21(29)24(22)3)16(12-25(30)14-27)13-34(31,32)19-10-8-18(9-11-19)33-17-6-4-15(23)5-7-17/h4-11,14,16,30H,12-13H2,1-3H3. The number of carbonyl (C=O) groups excluding carboxylic acids is 3. The maximum Gasteiger partial charge on any atom is 0.327 e. The quantitative estimate of drug-likeness (QED) is 0.238. The van der Waals surface area contributed by atoms with Gasteiger partial charge in [-0.25, -0.2) is 18.3 Å². The topological polar surface area (TPSA) is 125 Å². The molecule has 4 amide bonds. The van der Waals surface area contributed by atoms with Gasteiger partial charge in [-0.2, -0.15) is 0 Å². The molecule has 1 saturated heterocycles. The van der Waals surface area contributed by atoms with Gasteiger partial charge in [-0.3, -0.25) is 19.7 Å². The summed E-state index contributed by atoms with van der Waals surface area (Å²) in [5.74, 6) is -0.439. The van der Waals surface area contributed by atoms with Gasteiger partial charge in [-0.1, -0.05) is 11.6 Å². The van der Waals surface area contributed by atoms with E-state index in [0.29, 0.717) is 16.5 Å². The van der Waals surface area contributed by atoms with Crippen LogP contribution in [-0.4, -0.2) is 77.8 Å². The Balaban J connectivity index is 1.84. The molecule has 1 aliphatic rings. The first-order valence-electron chi connectivity index (χ1n) is 10.2. The van der Waals surface area contributed by atoms with Gasteiger partial charge in [0.2, 0.25) is 6.41 Å². The molecular formula is C22H24ClN3O7S. The van der Waals surface area contributed by atoms with Crippen LogP contribution >= 0.6 is 11.6 Å². The lowest BCUT2D eigenvalue weighted by Crippen LogP contribution is -2.50. The molecule has 0 spiro atoms. The Morgan fingerprint density at radius 1 is 1.09 bits per heavy atom. The molecule has 0 aromatic heterocycles. The van der Waals surface area contributed by atoms with Crippen LogP contribution in [0.15, 0.2) is 53.4 Å². The minimum atomic E-state index is -4.04. The van der Waals surface area contributed by atoms with Crippen LogP contribution < -0.4 is 4.74 Å². The van der Waals surface area contributed by atoms with E-state index < -0.39 is 45.7 Å². The largest absolute Gasteiger partial charge is 0.457 e. The molecular weight excluding hydrogens is 486 g/mol. The summed E-state index contributed by atoms with van der Waals surface area (Å²) in [4.78, 5) is 38.4. The lowest BCUT2D eigenvalue weighted by Gasteiger charge is -2.27. The van der Waals surface area contributed by atoms with Gasteiger partial charge in [0.05, 0.1) is 23.2 Å². The summed E-state index contributed by atoms with van der Waals surface area (Å²) in [6.07, 6.45) is 0.0718. The zero-order chi connectivity index (χ0) is 25.3. The zero-order valence-electron chi connectivity index (χ0n) is 18.7. The molecule has 0 bridgehead atoms. The molecule has 1 fully saturated rings. The molecule has 10 nitrogen and oxygen atoms in total. The number of imide groups is 1. The number of sulfone groups is 1. The highest BCUT2D eigenvalue weighted by molar-refractivity contribution is 7.91. The van der Waals surface area contributed by atoms with Crippen molar-refractivity contribution in [3.8, 4) is 11.5 Å². The fourth-order valence-electron chi connectivity index (χ4n) is 3.42. The van der Waals surface area contributed by atoms with Crippen LogP contribution in [0.3, 0.4) is 0 Å². The highest BCUT2D eigenvalue weighted by Crippen LogP contribution is 2.30. The number of nitrogens with zero attached hydrogens (tertiary/aromatic N) is 3. The number of hydroxylamine groups is 2. The third-order valence-corrected chi connectivity index (χ3v) is 7.67. The molecule has 3 rings (SSSR count). The highest BCUT2D eigenvalue weighted by Gasteiger charge is 2.52. The SMILES string of the molecule is CN1C(=O)N(C(CN(O)C=O)CS(=O)(=O)c2ccc(Oc3ccc(Cl)cc3)cc2)C(=O)C1(C)C. The number of halogens is 1. The summed E-state index contributed by atoms with van der Waals surface area (Å²) < 4.78 is 31.9. The number of carbonyl (C=O) groups is 3. The second kappa shape index (κ2) is 9.61. The Labute approximate surface area is 202 Å². The fraction of sp³-hybridized carbons (Fsp3) is 0.318. The van der Waals surface area contributed by atoms with Gasteiger partial charge >= 0.3 is 6.03 Å². The molecule has 1 atom stereocenters. The molecule has 0 saturated carbocycles. The second-order valence-corrected chi connectivity index (χ2v) is 10.7. The predicted molar refractivity (Wildman–Crippen MR) is 122 cm³/mol. The highest BCUT2D eigenvalue weighted by atomic mass is 35.5. The number of benzene rings is 2. The van der Waals surface area contributed by atoms with Crippen molar-refractivity contribution in [2.45, 2.75) is 30.3 Å². The van der Waals surface area contributed by atoms with Crippen LogP contribution in [0, 0.1) is 0 Å². The molecule has 2 aromatic rings. The number of hydrogen-bond donors (Lipinski definition) is 1. The summed E-state index contributed by atoms with van der Waals surface area (Å²) >= 11 is 5.85. The van der Waals surface area contributed by atoms with E-state index in [1.54, 1.807) is 24.3 Å². The van der Waals surface area contributed by atoms with Crippen molar-refractivity contribution in [3.63, 3.8) is 0 Å². The molecule has 12 heteroatoms. The van der Waals surface area contributed by atoms with E-state index in [4.69, 9.17) is 16.3 Å². The summed E-state index contributed by atoms with van der Waals surface area (Å²) in [5.41, 5.74) is -1.21. The van der Waals surface area contributed by atoms with Crippen LogP contribution in [0.25, 0.3) is 0 Å². The zero-order valence-corrected chi connectivity index (χ0v) is 20.3. The first-order valence-corrected chi connectivity index (χ1v) is 12.2. The van der Waals surface area contributed by atoms with Crippen molar-refractivity contribution in [1.82, 2.24) is 14.9 Å². The molecule has 34 heavy (non-hydrogen) atoms. The van der Waals surface area contributed by atoms with Gasteiger partial charge in [0, 0.05) is 12.1 Å². The van der Waals surface area contributed by atoms with E-state index in [0.717, 1.165) is 4.90 Å². The van der Waals surface area contributed by atoms with Crippen molar-refractivity contribution in [3.05, 3.63) is 53.6 Å². The van der Waals surface area contributed by atoms with Gasteiger partial charge < -0.3 is 9.64 Å². The van der Waals surface area contributed by atoms with Crippen molar-refractivity contribution < 1.29 is 32.7 Å². The number of ether oxygens (including phenoxy) is 1. The number of hydrogen-bond acceptors (Lipinski definition) is 7.